The third kappa shape index (κ3) is 5.10. The Morgan fingerprint density at radius 1 is 1.07 bits per heavy atom. The first kappa shape index (κ1) is 19.8. The maximum Gasteiger partial charge on any atom is 0.271 e. The van der Waals surface area contributed by atoms with Crippen LogP contribution in [-0.4, -0.2) is 15.9 Å². The second-order valence-electron chi connectivity index (χ2n) is 6.85. The third-order valence-corrected chi connectivity index (χ3v) is 5.35. The van der Waals surface area contributed by atoms with E-state index in [1.54, 1.807) is 11.6 Å². The van der Waals surface area contributed by atoms with Crippen molar-refractivity contribution in [2.75, 3.05) is 0 Å². The highest BCUT2D eigenvalue weighted by Crippen LogP contribution is 2.27. The summed E-state index contributed by atoms with van der Waals surface area (Å²) in [7, 11) is 0. The van der Waals surface area contributed by atoms with E-state index in [1.807, 2.05) is 54.6 Å². The van der Waals surface area contributed by atoms with Gasteiger partial charge in [0, 0.05) is 17.1 Å². The van der Waals surface area contributed by atoms with Crippen LogP contribution in [0.5, 0.6) is 5.75 Å². The molecule has 0 aliphatic rings. The molecule has 2 aromatic heterocycles. The molecule has 2 heterocycles. The molecule has 30 heavy (non-hydrogen) atoms. The fourth-order valence-corrected chi connectivity index (χ4v) is 3.76. The topological polar surface area (TPSA) is 64.1 Å². The van der Waals surface area contributed by atoms with E-state index in [0.717, 1.165) is 27.6 Å². The van der Waals surface area contributed by atoms with Crippen LogP contribution in [-0.2, 0) is 13.2 Å². The van der Waals surface area contributed by atoms with E-state index in [4.69, 9.17) is 4.74 Å². The van der Waals surface area contributed by atoms with Crippen LogP contribution in [0.4, 0.5) is 0 Å². The molecule has 1 N–H and O–H groups in total. The van der Waals surface area contributed by atoms with Crippen LogP contribution < -0.4 is 10.1 Å². The maximum absolute atomic E-state index is 12.4. The fraction of sp³-hybridized carbons (Fsp3) is 0.125. The van der Waals surface area contributed by atoms with E-state index < -0.39 is 0 Å². The number of thiazole rings is 1. The Bertz CT molecular complexity index is 1140. The van der Waals surface area contributed by atoms with Crippen molar-refractivity contribution in [1.82, 2.24) is 15.3 Å². The van der Waals surface area contributed by atoms with Crippen molar-refractivity contribution in [1.29, 1.82) is 0 Å². The number of nitrogens with one attached hydrogen (secondary N) is 1. The number of nitrogens with zero attached hydrogens (tertiary/aromatic N) is 2. The van der Waals surface area contributed by atoms with Crippen molar-refractivity contribution in [2.24, 2.45) is 0 Å². The average molecular weight is 416 g/mol. The molecular weight excluding hydrogens is 394 g/mol. The lowest BCUT2D eigenvalue weighted by atomic mass is 10.1. The van der Waals surface area contributed by atoms with Crippen LogP contribution in [0.15, 0.2) is 78.3 Å². The molecule has 0 saturated heterocycles. The number of benzene rings is 2. The number of hydrogen-bond donors (Lipinski definition) is 1. The van der Waals surface area contributed by atoms with E-state index in [0.29, 0.717) is 18.8 Å². The minimum atomic E-state index is -0.213. The van der Waals surface area contributed by atoms with Crippen LogP contribution in [0, 0.1) is 6.92 Å². The minimum Gasteiger partial charge on any atom is -0.489 e. The Morgan fingerprint density at radius 3 is 2.80 bits per heavy atom. The predicted molar refractivity (Wildman–Crippen MR) is 118 cm³/mol. The molecule has 2 aromatic carbocycles. The van der Waals surface area contributed by atoms with Crippen LogP contribution >= 0.6 is 11.3 Å². The van der Waals surface area contributed by atoms with Crippen molar-refractivity contribution in [3.05, 3.63) is 101 Å². The molecule has 0 aliphatic heterocycles. The van der Waals surface area contributed by atoms with Crippen molar-refractivity contribution in [3.8, 4) is 16.3 Å². The lowest BCUT2D eigenvalue weighted by Gasteiger charge is -2.08. The monoisotopic (exact) mass is 415 g/mol. The number of pyridine rings is 1. The van der Waals surface area contributed by atoms with Gasteiger partial charge in [-0.05, 0) is 36.8 Å². The van der Waals surface area contributed by atoms with Gasteiger partial charge in [0.05, 0.1) is 12.2 Å². The average Bonchev–Trinajstić information content (AvgIpc) is 3.28. The highest BCUT2D eigenvalue weighted by Gasteiger charge is 2.12. The third-order valence-electron chi connectivity index (χ3n) is 4.46. The van der Waals surface area contributed by atoms with Gasteiger partial charge in [0.2, 0.25) is 0 Å². The summed E-state index contributed by atoms with van der Waals surface area (Å²) in [6.45, 7) is 2.94. The second kappa shape index (κ2) is 9.33. The molecule has 0 atom stereocenters. The first-order valence-electron chi connectivity index (χ1n) is 9.60. The molecule has 6 heteroatoms. The van der Waals surface area contributed by atoms with Gasteiger partial charge in [0.25, 0.3) is 5.91 Å². The van der Waals surface area contributed by atoms with Gasteiger partial charge in [-0.1, -0.05) is 48.0 Å². The van der Waals surface area contributed by atoms with Crippen LogP contribution in [0.25, 0.3) is 10.6 Å². The Labute approximate surface area is 179 Å². The molecule has 5 nitrogen and oxygen atoms in total. The fourth-order valence-electron chi connectivity index (χ4n) is 2.96. The molecule has 4 rings (SSSR count). The van der Waals surface area contributed by atoms with E-state index in [2.05, 4.69) is 34.3 Å². The van der Waals surface area contributed by atoms with Gasteiger partial charge in [-0.15, -0.1) is 11.3 Å². The van der Waals surface area contributed by atoms with Gasteiger partial charge in [-0.25, -0.2) is 4.98 Å². The van der Waals surface area contributed by atoms with Crippen molar-refractivity contribution >= 4 is 17.2 Å². The first-order valence-corrected chi connectivity index (χ1v) is 10.5. The summed E-state index contributed by atoms with van der Waals surface area (Å²) < 4.78 is 5.94. The second-order valence-corrected chi connectivity index (χ2v) is 7.71. The predicted octanol–water partition coefficient (Wildman–Crippen LogP) is 5.02. The van der Waals surface area contributed by atoms with Crippen molar-refractivity contribution in [2.45, 2.75) is 20.1 Å². The maximum atomic E-state index is 12.4. The van der Waals surface area contributed by atoms with Crippen LogP contribution in [0.2, 0.25) is 0 Å². The normalized spacial score (nSPS) is 10.6. The zero-order chi connectivity index (χ0) is 20.8. The highest BCUT2D eigenvalue weighted by atomic mass is 32.1. The molecular formula is C24H21N3O2S. The molecule has 0 spiro atoms. The quantitative estimate of drug-likeness (QED) is 0.460. The molecule has 0 bridgehead atoms. The number of aryl methyl sites for hydroxylation is 1. The van der Waals surface area contributed by atoms with Crippen LogP contribution in [0.1, 0.15) is 27.3 Å². The van der Waals surface area contributed by atoms with Gasteiger partial charge < -0.3 is 10.1 Å². The minimum absolute atomic E-state index is 0.213. The van der Waals surface area contributed by atoms with Gasteiger partial charge in [-0.2, -0.15) is 0 Å². The summed E-state index contributed by atoms with van der Waals surface area (Å²) in [5, 5.41) is 5.40. The number of ether oxygens (including phenoxy) is 1. The molecule has 4 aromatic rings. The number of aromatic nitrogens is 2. The van der Waals surface area contributed by atoms with Crippen LogP contribution in [0.3, 0.4) is 0 Å². The van der Waals surface area contributed by atoms with E-state index in [9.17, 15) is 4.79 Å². The van der Waals surface area contributed by atoms with E-state index in [1.165, 1.54) is 16.9 Å². The molecule has 0 unspecified atom stereocenters. The summed E-state index contributed by atoms with van der Waals surface area (Å²) in [6, 6.07) is 21.6. The summed E-state index contributed by atoms with van der Waals surface area (Å²) in [5.41, 5.74) is 4.46. The molecule has 0 aliphatic carbocycles. The Hall–Kier alpha value is -3.51. The summed E-state index contributed by atoms with van der Waals surface area (Å²) in [5.74, 6) is 0.556. The molecule has 1 amide bonds. The van der Waals surface area contributed by atoms with E-state index in [-0.39, 0.29) is 5.91 Å². The Balaban J connectivity index is 1.40. The zero-order valence-corrected chi connectivity index (χ0v) is 17.4. The number of carbonyl (C=O) groups is 1. The summed E-state index contributed by atoms with van der Waals surface area (Å²) in [4.78, 5) is 21.1. The number of carbonyl (C=O) groups excluding carboxylic acids is 1. The lowest BCUT2D eigenvalue weighted by molar-refractivity contribution is 0.0946. The Kier molecular flexibility index (Phi) is 6.15. The van der Waals surface area contributed by atoms with Gasteiger partial charge in [0.1, 0.15) is 23.1 Å². The smallest absolute Gasteiger partial charge is 0.271 e. The molecule has 0 saturated carbocycles. The zero-order valence-electron chi connectivity index (χ0n) is 16.5. The van der Waals surface area contributed by atoms with E-state index >= 15 is 0 Å². The lowest BCUT2D eigenvalue weighted by Crippen LogP contribution is -2.23. The first-order chi connectivity index (χ1) is 14.7. The standard InChI is InChI=1S/C24H21N3O2S/c1-17-6-4-7-18(12-17)15-29-21-10-5-8-19(13-21)24-27-22(16-30-24)23(28)26-14-20-9-2-3-11-25-20/h2-13,16H,14-15H2,1H3,(H,26,28). The summed E-state index contributed by atoms with van der Waals surface area (Å²) >= 11 is 1.43. The number of hydrogen-bond acceptors (Lipinski definition) is 5. The highest BCUT2D eigenvalue weighted by molar-refractivity contribution is 7.13. The SMILES string of the molecule is Cc1cccc(COc2cccc(-c3nc(C(=O)NCc4ccccn4)cs3)c2)c1. The molecule has 150 valence electrons. The van der Waals surface area contributed by atoms with Crippen molar-refractivity contribution in [3.63, 3.8) is 0 Å². The number of rotatable bonds is 7. The Morgan fingerprint density at radius 2 is 1.97 bits per heavy atom. The van der Waals surface area contributed by atoms with Gasteiger partial charge in [-0.3, -0.25) is 9.78 Å². The largest absolute Gasteiger partial charge is 0.489 e. The van der Waals surface area contributed by atoms with Gasteiger partial charge in [0.15, 0.2) is 0 Å². The number of amides is 1. The molecule has 0 radical (unpaired) electrons. The van der Waals surface area contributed by atoms with Crippen molar-refractivity contribution < 1.29 is 9.53 Å². The summed E-state index contributed by atoms with van der Waals surface area (Å²) in [6.07, 6.45) is 1.70. The molecule has 0 fully saturated rings. The van der Waals surface area contributed by atoms with Gasteiger partial charge >= 0.3 is 0 Å².